The van der Waals surface area contributed by atoms with E-state index in [0.717, 1.165) is 4.57 Å². The highest BCUT2D eigenvalue weighted by atomic mass is 35.5. The summed E-state index contributed by atoms with van der Waals surface area (Å²) in [5.74, 6) is 0.189. The van der Waals surface area contributed by atoms with Crippen LogP contribution in [-0.4, -0.2) is 30.7 Å². The van der Waals surface area contributed by atoms with Crippen molar-refractivity contribution in [2.24, 2.45) is 0 Å². The summed E-state index contributed by atoms with van der Waals surface area (Å²) < 4.78 is 2.47. The number of Topliss-reactive ketones (excluding diaryl/α,β-unsaturated/α-hetero) is 1. The molecule has 0 bridgehead atoms. The van der Waals surface area contributed by atoms with Gasteiger partial charge in [-0.15, -0.1) is 11.6 Å². The highest BCUT2D eigenvalue weighted by Crippen LogP contribution is 2.34. The molecular formula is C23H25ClN4O5. The van der Waals surface area contributed by atoms with E-state index in [9.17, 15) is 24.5 Å². The summed E-state index contributed by atoms with van der Waals surface area (Å²) in [5, 5.41) is 11.5. The Morgan fingerprint density at radius 3 is 2.45 bits per heavy atom. The average molecular weight is 473 g/mol. The number of nitrogens with zero attached hydrogens (tertiary/aromatic N) is 4. The smallest absolute Gasteiger partial charge is 0.294 e. The van der Waals surface area contributed by atoms with Crippen LogP contribution < -0.4 is 11.2 Å². The molecule has 0 aliphatic carbocycles. The van der Waals surface area contributed by atoms with Gasteiger partial charge in [-0.1, -0.05) is 12.1 Å². The Morgan fingerprint density at radius 1 is 1.15 bits per heavy atom. The van der Waals surface area contributed by atoms with E-state index >= 15 is 0 Å². The Kier molecular flexibility index (Phi) is 7.43. The molecule has 0 saturated heterocycles. The topological polar surface area (TPSA) is 117 Å². The number of ketones is 1. The number of aromatic nitrogens is 3. The van der Waals surface area contributed by atoms with Gasteiger partial charge in [-0.25, -0.2) is 9.78 Å². The van der Waals surface area contributed by atoms with Gasteiger partial charge in [-0.3, -0.25) is 28.8 Å². The first-order valence-corrected chi connectivity index (χ1v) is 11.3. The largest absolute Gasteiger partial charge is 0.332 e. The molecule has 33 heavy (non-hydrogen) atoms. The Bertz CT molecular complexity index is 1360. The predicted molar refractivity (Wildman–Crippen MR) is 127 cm³/mol. The van der Waals surface area contributed by atoms with Crippen LogP contribution in [-0.2, 0) is 13.1 Å². The first-order valence-electron chi connectivity index (χ1n) is 10.8. The average Bonchev–Trinajstić information content (AvgIpc) is 2.79. The molecule has 2 aromatic heterocycles. The zero-order valence-electron chi connectivity index (χ0n) is 18.8. The van der Waals surface area contributed by atoms with Crippen molar-refractivity contribution in [2.75, 3.05) is 5.88 Å². The van der Waals surface area contributed by atoms with E-state index < -0.39 is 16.2 Å². The van der Waals surface area contributed by atoms with Gasteiger partial charge in [0.1, 0.15) is 5.65 Å². The molecule has 0 spiro atoms. The van der Waals surface area contributed by atoms with Crippen LogP contribution in [0.1, 0.15) is 49.2 Å². The Morgan fingerprint density at radius 2 is 1.85 bits per heavy atom. The van der Waals surface area contributed by atoms with Crippen LogP contribution in [0.4, 0.5) is 5.69 Å². The Labute approximate surface area is 194 Å². The molecule has 0 N–H and O–H groups in total. The predicted octanol–water partition coefficient (Wildman–Crippen LogP) is 4.07. The zero-order valence-corrected chi connectivity index (χ0v) is 19.5. The molecule has 0 amide bonds. The molecule has 3 aromatic rings. The maximum Gasteiger partial charge on any atom is 0.332 e. The quantitative estimate of drug-likeness (QED) is 0.152. The summed E-state index contributed by atoms with van der Waals surface area (Å²) in [6.45, 7) is 5.49. The number of non-ortho nitro benzene ring substituents is 1. The van der Waals surface area contributed by atoms with Crippen LogP contribution in [0.25, 0.3) is 22.2 Å². The van der Waals surface area contributed by atoms with Crippen molar-refractivity contribution in [2.45, 2.75) is 53.1 Å². The molecule has 0 aliphatic rings. The van der Waals surface area contributed by atoms with E-state index in [0.29, 0.717) is 30.0 Å². The summed E-state index contributed by atoms with van der Waals surface area (Å²) in [6, 6.07) is 5.80. The number of pyridine rings is 1. The molecule has 0 saturated carbocycles. The zero-order chi connectivity index (χ0) is 24.3. The number of nitro groups is 1. The number of hydrogen-bond acceptors (Lipinski definition) is 6. The number of halogens is 1. The second-order valence-electron chi connectivity index (χ2n) is 7.60. The van der Waals surface area contributed by atoms with Crippen molar-refractivity contribution in [1.29, 1.82) is 0 Å². The maximum absolute atomic E-state index is 13.5. The number of fused-ring (bicyclic) bond motifs is 1. The highest BCUT2D eigenvalue weighted by molar-refractivity contribution is 6.17. The number of carbonyl (C=O) groups is 1. The van der Waals surface area contributed by atoms with E-state index in [2.05, 4.69) is 4.98 Å². The number of hydrogen-bond donors (Lipinski definition) is 0. The molecule has 0 atom stereocenters. The lowest BCUT2D eigenvalue weighted by molar-refractivity contribution is -0.384. The first kappa shape index (κ1) is 24.3. The van der Waals surface area contributed by atoms with Crippen molar-refractivity contribution in [3.63, 3.8) is 0 Å². The van der Waals surface area contributed by atoms with Crippen LogP contribution in [0.5, 0.6) is 0 Å². The lowest BCUT2D eigenvalue weighted by atomic mass is 9.91. The highest BCUT2D eigenvalue weighted by Gasteiger charge is 2.26. The molecule has 0 radical (unpaired) electrons. The van der Waals surface area contributed by atoms with E-state index in [1.165, 1.54) is 22.8 Å². The minimum atomic E-state index is -0.578. The van der Waals surface area contributed by atoms with Gasteiger partial charge in [0.15, 0.2) is 5.78 Å². The number of rotatable bonds is 9. The number of nitro benzene ring substituents is 1. The summed E-state index contributed by atoms with van der Waals surface area (Å²) in [4.78, 5) is 55.0. The van der Waals surface area contributed by atoms with Gasteiger partial charge in [0.2, 0.25) is 0 Å². The van der Waals surface area contributed by atoms with Crippen LogP contribution in [0.2, 0.25) is 0 Å². The van der Waals surface area contributed by atoms with Crippen molar-refractivity contribution < 1.29 is 9.72 Å². The van der Waals surface area contributed by atoms with Gasteiger partial charge in [0, 0.05) is 48.6 Å². The third-order valence-corrected chi connectivity index (χ3v) is 5.85. The summed E-state index contributed by atoms with van der Waals surface area (Å²) in [5.41, 5.74) is 0.132. The second-order valence-corrected chi connectivity index (χ2v) is 7.98. The van der Waals surface area contributed by atoms with Crippen LogP contribution in [0.3, 0.4) is 0 Å². The van der Waals surface area contributed by atoms with Crippen LogP contribution in [0, 0.1) is 17.0 Å². The minimum absolute atomic E-state index is 0.102. The van der Waals surface area contributed by atoms with Gasteiger partial charge in [-0.05, 0) is 39.2 Å². The molecule has 3 rings (SSSR count). The van der Waals surface area contributed by atoms with Gasteiger partial charge in [0.05, 0.1) is 16.0 Å². The number of alkyl halides is 1. The maximum atomic E-state index is 13.5. The Balaban J connectivity index is 2.52. The van der Waals surface area contributed by atoms with E-state index in [4.69, 9.17) is 11.6 Å². The number of aryl methyl sites for hydroxylation is 2. The molecule has 10 heteroatoms. The van der Waals surface area contributed by atoms with Crippen molar-refractivity contribution in [1.82, 2.24) is 14.1 Å². The number of carbonyl (C=O) groups excluding carboxylic acids is 1. The molecule has 0 fully saturated rings. The van der Waals surface area contributed by atoms with Crippen molar-refractivity contribution in [3.05, 3.63) is 66.5 Å². The molecule has 0 unspecified atom stereocenters. The van der Waals surface area contributed by atoms with Crippen molar-refractivity contribution in [3.8, 4) is 11.1 Å². The third-order valence-electron chi connectivity index (χ3n) is 5.58. The number of benzene rings is 1. The fourth-order valence-electron chi connectivity index (χ4n) is 4.02. The summed E-state index contributed by atoms with van der Waals surface area (Å²) >= 11 is 5.75. The van der Waals surface area contributed by atoms with Gasteiger partial charge < -0.3 is 0 Å². The molecule has 174 valence electrons. The fraction of sp³-hybridized carbons (Fsp3) is 0.391. The summed E-state index contributed by atoms with van der Waals surface area (Å²) in [7, 11) is 0. The van der Waals surface area contributed by atoms with Gasteiger partial charge >= 0.3 is 5.69 Å². The standard InChI is InChI=1S/C23H25ClN4O5/c1-4-26-21-20(22(30)27(5-2)23(26)31)19(15-9-8-10-16(13-15)28(32)33)18(14(3)25-21)17(29)11-6-7-12-24/h8-10,13H,4-7,11-12H2,1-3H3. The molecule has 0 aliphatic heterocycles. The molecular weight excluding hydrogens is 448 g/mol. The lowest BCUT2D eigenvalue weighted by Crippen LogP contribution is -2.40. The molecule has 1 aromatic carbocycles. The van der Waals surface area contributed by atoms with Crippen LogP contribution >= 0.6 is 11.6 Å². The van der Waals surface area contributed by atoms with Gasteiger partial charge in [0.25, 0.3) is 11.2 Å². The van der Waals surface area contributed by atoms with Crippen LogP contribution in [0.15, 0.2) is 33.9 Å². The number of unbranched alkanes of at least 4 members (excludes halogenated alkanes) is 1. The van der Waals surface area contributed by atoms with E-state index in [1.807, 2.05) is 0 Å². The summed E-state index contributed by atoms with van der Waals surface area (Å²) in [6.07, 6.45) is 1.40. The monoisotopic (exact) mass is 472 g/mol. The lowest BCUT2D eigenvalue weighted by Gasteiger charge is -2.18. The Hall–Kier alpha value is -3.33. The minimum Gasteiger partial charge on any atom is -0.294 e. The SMILES string of the molecule is CCn1c(=O)c2c(-c3cccc([N+](=O)[O-])c3)c(C(=O)CCCCCl)c(C)nc2n(CC)c1=O. The second kappa shape index (κ2) is 10.1. The van der Waals surface area contributed by atoms with E-state index in [1.54, 1.807) is 26.8 Å². The third kappa shape index (κ3) is 4.45. The normalized spacial score (nSPS) is 11.2. The first-order chi connectivity index (χ1) is 15.8. The van der Waals surface area contributed by atoms with E-state index in [-0.39, 0.29) is 53.1 Å². The molecule has 9 nitrogen and oxygen atoms in total. The fourth-order valence-corrected chi connectivity index (χ4v) is 4.21. The molecule has 2 heterocycles. The van der Waals surface area contributed by atoms with Gasteiger partial charge in [-0.2, -0.15) is 0 Å². The van der Waals surface area contributed by atoms with Crippen molar-refractivity contribution >= 4 is 34.1 Å².